The molecule has 2 aliphatic heterocycles. The molecule has 11 heteroatoms. The number of hydrogen-bond donors (Lipinski definition) is 0. The van der Waals surface area contributed by atoms with E-state index in [1.54, 1.807) is 30.3 Å². The van der Waals surface area contributed by atoms with Gasteiger partial charge in [-0.3, -0.25) is 19.3 Å². The van der Waals surface area contributed by atoms with E-state index in [2.05, 4.69) is 22.9 Å². The molecule has 2 fully saturated rings. The average molecular weight is 654 g/mol. The fourth-order valence-electron chi connectivity index (χ4n) is 5.51. The molecule has 220 valence electrons. The highest BCUT2D eigenvalue weighted by atomic mass is 79.9. The quantitative estimate of drug-likeness (QED) is 0.184. The van der Waals surface area contributed by atoms with Gasteiger partial charge < -0.3 is 23.8 Å². The summed E-state index contributed by atoms with van der Waals surface area (Å²) in [6.07, 6.45) is 6.75. The molecule has 0 N–H and O–H groups in total. The molecule has 0 bridgehead atoms. The summed E-state index contributed by atoms with van der Waals surface area (Å²) in [5, 5.41) is 1.02. The van der Waals surface area contributed by atoms with Gasteiger partial charge in [-0.05, 0) is 93.9 Å². The molecular weight excluding hydrogens is 620 g/mol. The Morgan fingerprint density at radius 3 is 2.57 bits per heavy atom. The third-order valence-corrected chi connectivity index (χ3v) is 8.55. The number of halogens is 1. The van der Waals surface area contributed by atoms with Crippen molar-refractivity contribution in [1.82, 2.24) is 14.4 Å². The molecular formula is C31H33BrN4O5S. The molecule has 42 heavy (non-hydrogen) atoms. The number of carbonyl (C=O) groups excluding carboxylic acids is 3. The fraction of sp³-hybridized carbons (Fsp3) is 0.355. The third-order valence-electron chi connectivity index (χ3n) is 7.65. The average Bonchev–Trinajstić information content (AvgIpc) is 3.42. The van der Waals surface area contributed by atoms with Crippen molar-refractivity contribution < 1.29 is 23.9 Å². The first-order valence-corrected chi connectivity index (χ1v) is 15.2. The van der Waals surface area contributed by atoms with Crippen LogP contribution < -0.4 is 9.64 Å². The Hall–Kier alpha value is -3.70. The number of nitrogens with zero attached hydrogens (tertiary/aromatic N) is 4. The van der Waals surface area contributed by atoms with E-state index in [1.807, 2.05) is 40.8 Å². The van der Waals surface area contributed by atoms with Crippen LogP contribution in [0.5, 0.6) is 5.75 Å². The predicted octanol–water partition coefficient (Wildman–Crippen LogP) is 5.35. The number of benzene rings is 2. The molecule has 9 nitrogen and oxygen atoms in total. The molecule has 2 amide bonds. The first-order chi connectivity index (χ1) is 20.2. The van der Waals surface area contributed by atoms with Gasteiger partial charge in [-0.1, -0.05) is 15.9 Å². The van der Waals surface area contributed by atoms with Gasteiger partial charge in [0.1, 0.15) is 24.5 Å². The van der Waals surface area contributed by atoms with Gasteiger partial charge in [0.25, 0.3) is 5.91 Å². The van der Waals surface area contributed by atoms with E-state index < -0.39 is 5.97 Å². The van der Waals surface area contributed by atoms with Crippen LogP contribution in [0.3, 0.4) is 0 Å². The summed E-state index contributed by atoms with van der Waals surface area (Å²) >= 11 is 9.27. The van der Waals surface area contributed by atoms with Crippen molar-refractivity contribution in [3.8, 4) is 5.75 Å². The second-order valence-corrected chi connectivity index (χ2v) is 11.6. The SMILES string of the molecule is CCOc1ccc(N2C(=O)/C(=C/c3cn(CC(=O)N4CCCC[C@H]4C)c4ccc(Br)cc34)N(CC(=O)OC)C2=S)cc1. The number of aromatic nitrogens is 1. The molecule has 1 aromatic heterocycles. The zero-order chi connectivity index (χ0) is 30.0. The highest BCUT2D eigenvalue weighted by Gasteiger charge is 2.40. The zero-order valence-electron chi connectivity index (χ0n) is 23.8. The maximum Gasteiger partial charge on any atom is 0.325 e. The molecule has 2 aliphatic rings. The summed E-state index contributed by atoms with van der Waals surface area (Å²) in [6.45, 7) is 5.23. The number of anilines is 1. The van der Waals surface area contributed by atoms with Crippen LogP contribution in [0, 0.1) is 0 Å². The van der Waals surface area contributed by atoms with Crippen LogP contribution in [-0.2, 0) is 25.7 Å². The number of esters is 1. The lowest BCUT2D eigenvalue weighted by atomic mass is 10.0. The van der Waals surface area contributed by atoms with Gasteiger partial charge in [-0.15, -0.1) is 0 Å². The Morgan fingerprint density at radius 1 is 1.12 bits per heavy atom. The number of rotatable bonds is 8. The molecule has 0 saturated carbocycles. The minimum atomic E-state index is -0.531. The fourth-order valence-corrected chi connectivity index (χ4v) is 6.22. The maximum absolute atomic E-state index is 13.9. The van der Waals surface area contributed by atoms with Crippen LogP contribution in [0.1, 0.15) is 38.7 Å². The van der Waals surface area contributed by atoms with Crippen molar-refractivity contribution in [1.29, 1.82) is 0 Å². The molecule has 0 spiro atoms. The minimum absolute atomic E-state index is 0.0633. The standard InChI is InChI=1S/C31H33BrN4O5S/c1-4-41-24-11-9-23(10-12-24)36-30(39)27(35(31(36)42)19-29(38)40-3)15-21-17-33(26-13-8-22(32)16-25(21)26)18-28(37)34-14-6-5-7-20(34)2/h8-13,15-17,20H,4-7,14,18-19H2,1-3H3/b27-15-/t20-/m1/s1. The first-order valence-electron chi connectivity index (χ1n) is 14.0. The van der Waals surface area contributed by atoms with Gasteiger partial charge >= 0.3 is 5.97 Å². The zero-order valence-corrected chi connectivity index (χ0v) is 26.2. The molecule has 0 unspecified atom stereocenters. The Morgan fingerprint density at radius 2 is 1.88 bits per heavy atom. The Bertz CT molecular complexity index is 1570. The number of fused-ring (bicyclic) bond motifs is 1. The van der Waals surface area contributed by atoms with E-state index in [0.29, 0.717) is 18.0 Å². The van der Waals surface area contributed by atoms with Crippen molar-refractivity contribution in [3.05, 3.63) is 64.4 Å². The Kier molecular flexibility index (Phi) is 8.98. The predicted molar refractivity (Wildman–Crippen MR) is 169 cm³/mol. The van der Waals surface area contributed by atoms with Crippen molar-refractivity contribution in [2.45, 2.75) is 45.7 Å². The lowest BCUT2D eigenvalue weighted by Gasteiger charge is -2.33. The van der Waals surface area contributed by atoms with Crippen LogP contribution >= 0.6 is 28.1 Å². The number of methoxy groups -OCH3 is 1. The molecule has 3 heterocycles. The Balaban J connectivity index is 1.55. The molecule has 3 aromatic rings. The van der Waals surface area contributed by atoms with E-state index in [1.165, 1.54) is 16.9 Å². The molecule has 5 rings (SSSR count). The van der Waals surface area contributed by atoms with E-state index in [4.69, 9.17) is 21.7 Å². The number of carbonyl (C=O) groups is 3. The largest absolute Gasteiger partial charge is 0.494 e. The van der Waals surface area contributed by atoms with Gasteiger partial charge in [0.05, 0.1) is 19.4 Å². The third kappa shape index (κ3) is 5.94. The molecule has 2 saturated heterocycles. The minimum Gasteiger partial charge on any atom is -0.494 e. The van der Waals surface area contributed by atoms with Gasteiger partial charge in [-0.2, -0.15) is 0 Å². The van der Waals surface area contributed by atoms with Crippen molar-refractivity contribution >= 4 is 73.7 Å². The summed E-state index contributed by atoms with van der Waals surface area (Å²) in [7, 11) is 1.29. The lowest BCUT2D eigenvalue weighted by molar-refractivity contribution is -0.140. The topological polar surface area (TPSA) is 84.3 Å². The monoisotopic (exact) mass is 652 g/mol. The summed E-state index contributed by atoms with van der Waals surface area (Å²) in [4.78, 5) is 44.5. The van der Waals surface area contributed by atoms with E-state index in [9.17, 15) is 14.4 Å². The van der Waals surface area contributed by atoms with E-state index in [0.717, 1.165) is 46.7 Å². The van der Waals surface area contributed by atoms with Crippen LogP contribution in [-0.4, -0.2) is 70.1 Å². The summed E-state index contributed by atoms with van der Waals surface area (Å²) in [6, 6.07) is 13.1. The van der Waals surface area contributed by atoms with Gasteiger partial charge in [-0.25, -0.2) is 0 Å². The molecule has 1 atom stereocenters. The molecule has 0 radical (unpaired) electrons. The second kappa shape index (κ2) is 12.7. The highest BCUT2D eigenvalue weighted by Crippen LogP contribution is 2.33. The lowest BCUT2D eigenvalue weighted by Crippen LogP contribution is -2.43. The molecule has 2 aromatic carbocycles. The first kappa shape index (κ1) is 29.8. The van der Waals surface area contributed by atoms with Crippen molar-refractivity contribution in [2.75, 3.05) is 31.7 Å². The number of amides is 2. The van der Waals surface area contributed by atoms with Gasteiger partial charge in [0, 0.05) is 39.7 Å². The molecule has 0 aliphatic carbocycles. The normalized spacial score (nSPS) is 18.3. The highest BCUT2D eigenvalue weighted by molar-refractivity contribution is 9.10. The van der Waals surface area contributed by atoms with Crippen LogP contribution in [0.4, 0.5) is 5.69 Å². The van der Waals surface area contributed by atoms with Gasteiger partial charge in [0.2, 0.25) is 5.91 Å². The van der Waals surface area contributed by atoms with Crippen LogP contribution in [0.2, 0.25) is 0 Å². The number of hydrogen-bond acceptors (Lipinski definition) is 6. The van der Waals surface area contributed by atoms with Crippen LogP contribution in [0.15, 0.2) is 58.8 Å². The Labute approximate surface area is 258 Å². The number of likely N-dealkylation sites (tertiary alicyclic amines) is 1. The summed E-state index contributed by atoms with van der Waals surface area (Å²) < 4.78 is 13.2. The summed E-state index contributed by atoms with van der Waals surface area (Å²) in [5.74, 6) is -0.167. The maximum atomic E-state index is 13.9. The van der Waals surface area contributed by atoms with E-state index in [-0.39, 0.29) is 41.8 Å². The summed E-state index contributed by atoms with van der Waals surface area (Å²) in [5.41, 5.74) is 2.37. The smallest absolute Gasteiger partial charge is 0.325 e. The van der Waals surface area contributed by atoms with Crippen molar-refractivity contribution in [2.24, 2.45) is 0 Å². The number of piperidine rings is 1. The number of thiocarbonyl (C=S) groups is 1. The van der Waals surface area contributed by atoms with Crippen molar-refractivity contribution in [3.63, 3.8) is 0 Å². The second-order valence-electron chi connectivity index (χ2n) is 10.3. The van der Waals surface area contributed by atoms with E-state index >= 15 is 0 Å². The van der Waals surface area contributed by atoms with Crippen LogP contribution in [0.25, 0.3) is 17.0 Å². The van der Waals surface area contributed by atoms with Gasteiger partial charge in [0.15, 0.2) is 5.11 Å². The number of ether oxygens (including phenoxy) is 2.